The molecule has 0 atom stereocenters. The maximum atomic E-state index is 9.27. The highest BCUT2D eigenvalue weighted by Gasteiger charge is 2.10. The molecule has 102 valence electrons. The van der Waals surface area contributed by atoms with Crippen LogP contribution in [0.3, 0.4) is 0 Å². The van der Waals surface area contributed by atoms with E-state index in [0.717, 1.165) is 16.7 Å². The molecule has 3 aromatic rings. The summed E-state index contributed by atoms with van der Waals surface area (Å²) in [5, 5.41) is 18.5. The smallest absolute Gasteiger partial charge is 0.0998 e. The van der Waals surface area contributed by atoms with Crippen molar-refractivity contribution in [3.63, 3.8) is 0 Å². The molecule has 2 heteroatoms. The zero-order chi connectivity index (χ0) is 15.4. The predicted molar refractivity (Wildman–Crippen MR) is 86.7 cm³/mol. The van der Waals surface area contributed by atoms with Crippen LogP contribution in [-0.4, -0.2) is 0 Å². The Morgan fingerprint density at radius 1 is 0.500 bits per heavy atom. The van der Waals surface area contributed by atoms with Crippen molar-refractivity contribution in [2.24, 2.45) is 0 Å². The molecule has 0 spiro atoms. The third kappa shape index (κ3) is 2.46. The lowest BCUT2D eigenvalue weighted by atomic mass is 9.94. The van der Waals surface area contributed by atoms with Crippen LogP contribution in [0.5, 0.6) is 0 Å². The van der Waals surface area contributed by atoms with Gasteiger partial charge in [-0.1, -0.05) is 60.7 Å². The molecule has 3 rings (SSSR count). The highest BCUT2D eigenvalue weighted by Crippen LogP contribution is 2.29. The van der Waals surface area contributed by atoms with Crippen LogP contribution in [0.25, 0.3) is 22.3 Å². The summed E-state index contributed by atoms with van der Waals surface area (Å²) in [4.78, 5) is 0. The molecular weight excluding hydrogens is 268 g/mol. The van der Waals surface area contributed by atoms with E-state index in [1.165, 1.54) is 0 Å². The first-order valence-electron chi connectivity index (χ1n) is 6.92. The van der Waals surface area contributed by atoms with Gasteiger partial charge in [-0.3, -0.25) is 0 Å². The molecule has 0 unspecified atom stereocenters. The molecule has 22 heavy (non-hydrogen) atoms. The van der Waals surface area contributed by atoms with E-state index in [-0.39, 0.29) is 0 Å². The van der Waals surface area contributed by atoms with Gasteiger partial charge >= 0.3 is 0 Å². The summed E-state index contributed by atoms with van der Waals surface area (Å²) in [6.07, 6.45) is 0. The zero-order valence-electron chi connectivity index (χ0n) is 11.8. The molecule has 0 heterocycles. The summed E-state index contributed by atoms with van der Waals surface area (Å²) < 4.78 is 0. The van der Waals surface area contributed by atoms with Gasteiger partial charge in [-0.15, -0.1) is 0 Å². The number of nitriles is 2. The van der Waals surface area contributed by atoms with Gasteiger partial charge in [0, 0.05) is 5.56 Å². The molecule has 0 N–H and O–H groups in total. The van der Waals surface area contributed by atoms with Gasteiger partial charge in [0.1, 0.15) is 0 Å². The summed E-state index contributed by atoms with van der Waals surface area (Å²) in [5.41, 5.74) is 4.87. The van der Waals surface area contributed by atoms with Crippen LogP contribution in [0.15, 0.2) is 72.8 Å². The van der Waals surface area contributed by atoms with Gasteiger partial charge in [0.2, 0.25) is 0 Å². The summed E-state index contributed by atoms with van der Waals surface area (Å²) in [6.45, 7) is 0. The van der Waals surface area contributed by atoms with Crippen LogP contribution < -0.4 is 0 Å². The molecular formula is C20H12N2. The van der Waals surface area contributed by atoms with E-state index in [9.17, 15) is 10.5 Å². The van der Waals surface area contributed by atoms with Crippen molar-refractivity contribution in [3.05, 3.63) is 83.9 Å². The van der Waals surface area contributed by atoms with E-state index in [2.05, 4.69) is 24.3 Å². The van der Waals surface area contributed by atoms with Crippen LogP contribution in [0.1, 0.15) is 11.1 Å². The summed E-state index contributed by atoms with van der Waals surface area (Å²) in [7, 11) is 0. The van der Waals surface area contributed by atoms with Gasteiger partial charge in [0.25, 0.3) is 0 Å². The van der Waals surface area contributed by atoms with Crippen LogP contribution in [-0.2, 0) is 0 Å². The van der Waals surface area contributed by atoms with Crippen molar-refractivity contribution in [2.75, 3.05) is 0 Å². The van der Waals surface area contributed by atoms with Gasteiger partial charge in [-0.2, -0.15) is 10.5 Å². The van der Waals surface area contributed by atoms with Crippen molar-refractivity contribution < 1.29 is 0 Å². The second kappa shape index (κ2) is 5.95. The van der Waals surface area contributed by atoms with Crippen molar-refractivity contribution >= 4 is 0 Å². The third-order valence-corrected chi connectivity index (χ3v) is 3.59. The average molecular weight is 280 g/mol. The van der Waals surface area contributed by atoms with Crippen LogP contribution in [0, 0.1) is 22.7 Å². The summed E-state index contributed by atoms with van der Waals surface area (Å²) in [5.74, 6) is 0. The van der Waals surface area contributed by atoms with Crippen LogP contribution in [0.2, 0.25) is 0 Å². The van der Waals surface area contributed by atoms with Crippen LogP contribution >= 0.6 is 0 Å². The Hall–Kier alpha value is -3.36. The fourth-order valence-corrected chi connectivity index (χ4v) is 2.51. The molecule has 2 nitrogen and oxygen atoms in total. The standard InChI is InChI=1S/C20H12N2/c21-13-18-7-4-8-19(14-22)20(18)17-11-9-16(10-12-17)15-5-2-1-3-6-15/h1-12H. The Kier molecular flexibility index (Phi) is 3.69. The van der Waals surface area contributed by atoms with Crippen molar-refractivity contribution in [3.8, 4) is 34.4 Å². The third-order valence-electron chi connectivity index (χ3n) is 3.59. The van der Waals surface area contributed by atoms with Crippen molar-refractivity contribution in [1.29, 1.82) is 10.5 Å². The Balaban J connectivity index is 2.09. The SMILES string of the molecule is N#Cc1cccc(C#N)c1-c1ccc(-c2ccccc2)cc1. The first kappa shape index (κ1) is 13.6. The lowest BCUT2D eigenvalue weighted by molar-refractivity contribution is 1.44. The predicted octanol–water partition coefficient (Wildman–Crippen LogP) is 4.76. The highest BCUT2D eigenvalue weighted by molar-refractivity contribution is 5.78. The minimum Gasteiger partial charge on any atom is -0.192 e. The summed E-state index contributed by atoms with van der Waals surface area (Å²) in [6, 6.07) is 27.6. The van der Waals surface area contributed by atoms with Gasteiger partial charge in [-0.25, -0.2) is 0 Å². The monoisotopic (exact) mass is 280 g/mol. The number of hydrogen-bond donors (Lipinski definition) is 0. The normalized spacial score (nSPS) is 9.73. The topological polar surface area (TPSA) is 47.6 Å². The second-order valence-corrected chi connectivity index (χ2v) is 4.90. The molecule has 0 bridgehead atoms. The Bertz CT molecular complexity index is 847. The Labute approximate surface area is 129 Å². The fourth-order valence-electron chi connectivity index (χ4n) is 2.51. The number of benzene rings is 3. The lowest BCUT2D eigenvalue weighted by Gasteiger charge is -2.08. The van der Waals surface area contributed by atoms with E-state index in [4.69, 9.17) is 0 Å². The number of rotatable bonds is 2. The quantitative estimate of drug-likeness (QED) is 0.679. The zero-order valence-corrected chi connectivity index (χ0v) is 11.8. The molecule has 3 aromatic carbocycles. The van der Waals surface area contributed by atoms with E-state index < -0.39 is 0 Å². The van der Waals surface area contributed by atoms with Gasteiger partial charge < -0.3 is 0 Å². The summed E-state index contributed by atoms with van der Waals surface area (Å²) >= 11 is 0. The van der Waals surface area contributed by atoms with Gasteiger partial charge in [0.15, 0.2) is 0 Å². The molecule has 0 radical (unpaired) electrons. The average Bonchev–Trinajstić information content (AvgIpc) is 2.62. The van der Waals surface area contributed by atoms with E-state index in [1.54, 1.807) is 18.2 Å². The fraction of sp³-hybridized carbons (Fsp3) is 0. The minimum atomic E-state index is 0.520. The largest absolute Gasteiger partial charge is 0.192 e. The van der Waals surface area contributed by atoms with Gasteiger partial charge in [-0.05, 0) is 28.8 Å². The molecule has 0 aliphatic rings. The van der Waals surface area contributed by atoms with E-state index >= 15 is 0 Å². The van der Waals surface area contributed by atoms with Gasteiger partial charge in [0.05, 0.1) is 23.3 Å². The molecule has 0 aliphatic heterocycles. The molecule has 0 saturated carbocycles. The maximum absolute atomic E-state index is 9.27. The van der Waals surface area contributed by atoms with Crippen molar-refractivity contribution in [1.82, 2.24) is 0 Å². The minimum absolute atomic E-state index is 0.520. The molecule has 0 amide bonds. The first-order chi connectivity index (χ1) is 10.8. The molecule has 0 aliphatic carbocycles. The Morgan fingerprint density at radius 3 is 1.55 bits per heavy atom. The number of hydrogen-bond acceptors (Lipinski definition) is 2. The number of nitrogens with zero attached hydrogens (tertiary/aromatic N) is 2. The molecule has 0 saturated heterocycles. The Morgan fingerprint density at radius 2 is 1.00 bits per heavy atom. The van der Waals surface area contributed by atoms with E-state index in [1.807, 2.05) is 42.5 Å². The van der Waals surface area contributed by atoms with Crippen molar-refractivity contribution in [2.45, 2.75) is 0 Å². The maximum Gasteiger partial charge on any atom is 0.0998 e. The first-order valence-corrected chi connectivity index (χ1v) is 6.92. The van der Waals surface area contributed by atoms with Crippen LogP contribution in [0.4, 0.5) is 0 Å². The highest BCUT2D eigenvalue weighted by atomic mass is 14.3. The molecule has 0 aromatic heterocycles. The second-order valence-electron chi connectivity index (χ2n) is 4.90. The molecule has 0 fully saturated rings. The lowest BCUT2D eigenvalue weighted by Crippen LogP contribution is -1.89. The van der Waals surface area contributed by atoms with E-state index in [0.29, 0.717) is 16.7 Å².